The Morgan fingerprint density at radius 3 is 2.77 bits per heavy atom. The van der Waals surface area contributed by atoms with Crippen LogP contribution in [0.5, 0.6) is 5.75 Å². The molecule has 0 bridgehead atoms. The average molecular weight is 295 g/mol. The first-order valence-electron chi connectivity index (χ1n) is 7.78. The van der Waals surface area contributed by atoms with Crippen LogP contribution in [0.15, 0.2) is 54.6 Å². The van der Waals surface area contributed by atoms with E-state index in [0.29, 0.717) is 0 Å². The summed E-state index contributed by atoms with van der Waals surface area (Å²) in [5.74, 6) is 0.816. The summed E-state index contributed by atoms with van der Waals surface area (Å²) in [6, 6.07) is 18.2. The summed E-state index contributed by atoms with van der Waals surface area (Å²) in [5.41, 5.74) is 2.34. The summed E-state index contributed by atoms with van der Waals surface area (Å²) in [6.07, 6.45) is 2.08. The van der Waals surface area contributed by atoms with Crippen molar-refractivity contribution in [1.29, 1.82) is 0 Å². The molecule has 1 heterocycles. The second-order valence-corrected chi connectivity index (χ2v) is 5.76. The quantitative estimate of drug-likeness (QED) is 0.860. The molecule has 3 nitrogen and oxygen atoms in total. The molecule has 0 aliphatic carbocycles. The normalized spacial score (nSPS) is 17.5. The molecule has 0 radical (unpaired) electrons. The molecule has 1 aliphatic rings. The zero-order valence-corrected chi connectivity index (χ0v) is 12.9. The van der Waals surface area contributed by atoms with Gasteiger partial charge in [-0.3, -0.25) is 4.79 Å². The van der Waals surface area contributed by atoms with E-state index < -0.39 is 0 Å². The Morgan fingerprint density at radius 2 is 2.00 bits per heavy atom. The molecule has 2 aromatic carbocycles. The number of ether oxygens (including phenoxy) is 1. The van der Waals surface area contributed by atoms with E-state index in [2.05, 4.69) is 12.1 Å². The molecule has 1 saturated heterocycles. The Hall–Kier alpha value is -2.29. The van der Waals surface area contributed by atoms with Gasteiger partial charge in [-0.15, -0.1) is 0 Å². The van der Waals surface area contributed by atoms with Crippen LogP contribution in [0, 0.1) is 6.92 Å². The van der Waals surface area contributed by atoms with Gasteiger partial charge in [0.25, 0.3) is 5.91 Å². The molecule has 22 heavy (non-hydrogen) atoms. The maximum Gasteiger partial charge on any atom is 0.261 e. The Labute approximate surface area is 131 Å². The Balaban J connectivity index is 1.64. The molecule has 3 rings (SSSR count). The van der Waals surface area contributed by atoms with E-state index in [4.69, 9.17) is 4.74 Å². The standard InChI is InChI=1S/C19H21NO2/c1-15-7-5-10-17(13-15)22-14-19(21)20-12-6-11-18(20)16-8-3-2-4-9-16/h2-5,7-10,13,18H,6,11-12,14H2,1H3. The van der Waals surface area contributed by atoms with Gasteiger partial charge < -0.3 is 9.64 Å². The number of hydrogen-bond donors (Lipinski definition) is 0. The van der Waals surface area contributed by atoms with Crippen LogP contribution in [0.25, 0.3) is 0 Å². The lowest BCUT2D eigenvalue weighted by Gasteiger charge is -2.25. The first-order chi connectivity index (χ1) is 10.7. The molecule has 2 aromatic rings. The summed E-state index contributed by atoms with van der Waals surface area (Å²) in [5, 5.41) is 0. The van der Waals surface area contributed by atoms with Crippen molar-refractivity contribution in [2.45, 2.75) is 25.8 Å². The number of aryl methyl sites for hydroxylation is 1. The van der Waals surface area contributed by atoms with Crippen molar-refractivity contribution in [2.75, 3.05) is 13.2 Å². The van der Waals surface area contributed by atoms with Crippen LogP contribution in [0.1, 0.15) is 30.0 Å². The largest absolute Gasteiger partial charge is 0.484 e. The summed E-state index contributed by atoms with van der Waals surface area (Å²) in [6.45, 7) is 2.93. The van der Waals surface area contributed by atoms with Crippen molar-refractivity contribution in [1.82, 2.24) is 4.90 Å². The molecule has 0 saturated carbocycles. The Morgan fingerprint density at radius 1 is 1.18 bits per heavy atom. The fraction of sp³-hybridized carbons (Fsp3) is 0.316. The molecule has 1 aliphatic heterocycles. The number of nitrogens with zero attached hydrogens (tertiary/aromatic N) is 1. The number of amides is 1. The average Bonchev–Trinajstić information content (AvgIpc) is 3.03. The van der Waals surface area contributed by atoms with Crippen LogP contribution < -0.4 is 4.74 Å². The lowest BCUT2D eigenvalue weighted by atomic mass is 10.0. The maximum absolute atomic E-state index is 12.5. The SMILES string of the molecule is Cc1cccc(OCC(=O)N2CCCC2c2ccccc2)c1. The van der Waals surface area contributed by atoms with Gasteiger partial charge in [-0.1, -0.05) is 42.5 Å². The highest BCUT2D eigenvalue weighted by molar-refractivity contribution is 5.78. The van der Waals surface area contributed by atoms with E-state index >= 15 is 0 Å². The number of hydrogen-bond acceptors (Lipinski definition) is 2. The van der Waals surface area contributed by atoms with Crippen LogP contribution in [-0.2, 0) is 4.79 Å². The monoisotopic (exact) mass is 295 g/mol. The van der Waals surface area contributed by atoms with Gasteiger partial charge in [0.15, 0.2) is 6.61 Å². The van der Waals surface area contributed by atoms with E-state index in [1.54, 1.807) is 0 Å². The van der Waals surface area contributed by atoms with Crippen LogP contribution in [-0.4, -0.2) is 24.0 Å². The highest BCUT2D eigenvalue weighted by Crippen LogP contribution is 2.31. The smallest absolute Gasteiger partial charge is 0.261 e. The van der Waals surface area contributed by atoms with Crippen LogP contribution in [0.2, 0.25) is 0 Å². The maximum atomic E-state index is 12.5. The first kappa shape index (κ1) is 14.6. The minimum Gasteiger partial charge on any atom is -0.484 e. The van der Waals surface area contributed by atoms with E-state index in [0.717, 1.165) is 30.7 Å². The van der Waals surface area contributed by atoms with E-state index in [1.807, 2.05) is 54.3 Å². The fourth-order valence-electron chi connectivity index (χ4n) is 3.02. The second kappa shape index (κ2) is 6.65. The Kier molecular flexibility index (Phi) is 4.42. The van der Waals surface area contributed by atoms with Crippen molar-refractivity contribution < 1.29 is 9.53 Å². The third-order valence-corrected chi connectivity index (χ3v) is 4.11. The van der Waals surface area contributed by atoms with E-state index in [1.165, 1.54) is 5.56 Å². The van der Waals surface area contributed by atoms with Gasteiger partial charge in [-0.2, -0.15) is 0 Å². The number of benzene rings is 2. The van der Waals surface area contributed by atoms with Gasteiger partial charge in [-0.05, 0) is 43.0 Å². The molecule has 1 atom stereocenters. The predicted molar refractivity (Wildman–Crippen MR) is 86.8 cm³/mol. The zero-order valence-electron chi connectivity index (χ0n) is 12.9. The number of carbonyl (C=O) groups is 1. The van der Waals surface area contributed by atoms with Gasteiger partial charge >= 0.3 is 0 Å². The highest BCUT2D eigenvalue weighted by Gasteiger charge is 2.29. The van der Waals surface area contributed by atoms with Crippen molar-refractivity contribution in [3.63, 3.8) is 0 Å². The molecule has 0 aromatic heterocycles. The fourth-order valence-corrected chi connectivity index (χ4v) is 3.02. The number of likely N-dealkylation sites (tertiary alicyclic amines) is 1. The summed E-state index contributed by atoms with van der Waals surface area (Å²) in [4.78, 5) is 14.4. The Bertz CT molecular complexity index is 639. The van der Waals surface area contributed by atoms with Crippen LogP contribution >= 0.6 is 0 Å². The van der Waals surface area contributed by atoms with Crippen LogP contribution in [0.4, 0.5) is 0 Å². The highest BCUT2D eigenvalue weighted by atomic mass is 16.5. The summed E-state index contributed by atoms with van der Waals surface area (Å²) < 4.78 is 5.65. The number of carbonyl (C=O) groups excluding carboxylic acids is 1. The molecule has 1 fully saturated rings. The topological polar surface area (TPSA) is 29.5 Å². The van der Waals surface area contributed by atoms with Gasteiger partial charge in [0, 0.05) is 6.54 Å². The lowest BCUT2D eigenvalue weighted by molar-refractivity contribution is -0.134. The third-order valence-electron chi connectivity index (χ3n) is 4.11. The first-order valence-corrected chi connectivity index (χ1v) is 7.78. The van der Waals surface area contributed by atoms with E-state index in [9.17, 15) is 4.79 Å². The third kappa shape index (κ3) is 3.30. The minimum atomic E-state index is 0.0628. The van der Waals surface area contributed by atoms with Crippen LogP contribution in [0.3, 0.4) is 0 Å². The minimum absolute atomic E-state index is 0.0628. The van der Waals surface area contributed by atoms with E-state index in [-0.39, 0.29) is 18.6 Å². The van der Waals surface area contributed by atoms with Gasteiger partial charge in [0.05, 0.1) is 6.04 Å². The van der Waals surface area contributed by atoms with Crippen molar-refractivity contribution >= 4 is 5.91 Å². The molecule has 1 unspecified atom stereocenters. The molecule has 3 heteroatoms. The molecular weight excluding hydrogens is 274 g/mol. The van der Waals surface area contributed by atoms with Crippen molar-refractivity contribution in [2.24, 2.45) is 0 Å². The summed E-state index contributed by atoms with van der Waals surface area (Å²) in [7, 11) is 0. The van der Waals surface area contributed by atoms with Gasteiger partial charge in [0.1, 0.15) is 5.75 Å². The van der Waals surface area contributed by atoms with Crippen molar-refractivity contribution in [3.8, 4) is 5.75 Å². The molecule has 0 spiro atoms. The second-order valence-electron chi connectivity index (χ2n) is 5.76. The zero-order chi connectivity index (χ0) is 15.4. The van der Waals surface area contributed by atoms with Gasteiger partial charge in [-0.25, -0.2) is 0 Å². The molecule has 1 amide bonds. The molecule has 114 valence electrons. The van der Waals surface area contributed by atoms with Gasteiger partial charge in [0.2, 0.25) is 0 Å². The number of rotatable bonds is 4. The summed E-state index contributed by atoms with van der Waals surface area (Å²) >= 11 is 0. The molecular formula is C19H21NO2. The van der Waals surface area contributed by atoms with Crippen molar-refractivity contribution in [3.05, 3.63) is 65.7 Å². The molecule has 0 N–H and O–H groups in total. The lowest BCUT2D eigenvalue weighted by Crippen LogP contribution is -2.34. The predicted octanol–water partition coefficient (Wildman–Crippen LogP) is 3.74.